The molecule has 0 aliphatic heterocycles. The van der Waals surface area contributed by atoms with Gasteiger partial charge in [0.25, 0.3) is 5.91 Å². The van der Waals surface area contributed by atoms with Crippen LogP contribution in [0.3, 0.4) is 0 Å². The fourth-order valence-corrected chi connectivity index (χ4v) is 1.85. The lowest BCUT2D eigenvalue weighted by Gasteiger charge is -2.26. The van der Waals surface area contributed by atoms with Crippen LogP contribution in [0.4, 0.5) is 0 Å². The van der Waals surface area contributed by atoms with Gasteiger partial charge < -0.3 is 14.4 Å². The van der Waals surface area contributed by atoms with E-state index in [1.807, 2.05) is 45.0 Å². The summed E-state index contributed by atoms with van der Waals surface area (Å²) in [6.45, 7) is 6.09. The second-order valence-corrected chi connectivity index (χ2v) is 5.11. The highest BCUT2D eigenvalue weighted by atomic mass is 16.5. The average molecular weight is 293 g/mol. The fourth-order valence-electron chi connectivity index (χ4n) is 1.85. The Labute approximate surface area is 125 Å². The lowest BCUT2D eigenvalue weighted by molar-refractivity contribution is -0.142. The summed E-state index contributed by atoms with van der Waals surface area (Å²) in [4.78, 5) is 25.0. The third-order valence-corrected chi connectivity index (χ3v) is 3.11. The molecule has 0 aliphatic carbocycles. The molecule has 0 fully saturated rings. The molecule has 0 aliphatic rings. The first-order chi connectivity index (χ1) is 9.93. The molecule has 0 atom stereocenters. The summed E-state index contributed by atoms with van der Waals surface area (Å²) in [5, 5.41) is 0. The molecule has 0 saturated heterocycles. The number of ether oxygens (including phenoxy) is 2. The normalized spacial score (nSPS) is 10.3. The smallest absolute Gasteiger partial charge is 0.307 e. The van der Waals surface area contributed by atoms with E-state index in [1.54, 1.807) is 4.90 Å². The summed E-state index contributed by atoms with van der Waals surface area (Å²) in [7, 11) is 1.34. The molecule has 1 rings (SSSR count). The van der Waals surface area contributed by atoms with E-state index >= 15 is 0 Å². The van der Waals surface area contributed by atoms with Crippen molar-refractivity contribution in [3.05, 3.63) is 29.8 Å². The molecule has 0 unspecified atom stereocenters. The summed E-state index contributed by atoms with van der Waals surface area (Å²) in [6.07, 6.45) is 0.185. The zero-order chi connectivity index (χ0) is 15.8. The Balaban J connectivity index is 2.52. The highest BCUT2D eigenvalue weighted by Gasteiger charge is 2.18. The number of benzene rings is 1. The molecule has 116 valence electrons. The van der Waals surface area contributed by atoms with Crippen LogP contribution in [0.2, 0.25) is 0 Å². The van der Waals surface area contributed by atoms with E-state index < -0.39 is 0 Å². The quantitative estimate of drug-likeness (QED) is 0.723. The van der Waals surface area contributed by atoms with Gasteiger partial charge >= 0.3 is 5.97 Å². The van der Waals surface area contributed by atoms with Crippen molar-refractivity contribution in [3.63, 3.8) is 0 Å². The number of hydrogen-bond donors (Lipinski definition) is 0. The molecule has 5 nitrogen and oxygen atoms in total. The number of hydrogen-bond acceptors (Lipinski definition) is 4. The number of aryl methyl sites for hydroxylation is 1. The van der Waals surface area contributed by atoms with E-state index in [2.05, 4.69) is 4.74 Å². The first-order valence-electron chi connectivity index (χ1n) is 6.99. The molecule has 0 spiro atoms. The Morgan fingerprint density at radius 3 is 2.33 bits per heavy atom. The molecule has 21 heavy (non-hydrogen) atoms. The largest absolute Gasteiger partial charge is 0.484 e. The lowest BCUT2D eigenvalue weighted by atomic mass is 10.2. The highest BCUT2D eigenvalue weighted by Crippen LogP contribution is 2.12. The second kappa shape index (κ2) is 8.29. The Hall–Kier alpha value is -2.04. The van der Waals surface area contributed by atoms with Crippen LogP contribution in [0, 0.1) is 6.92 Å². The predicted molar refractivity (Wildman–Crippen MR) is 80.2 cm³/mol. The topological polar surface area (TPSA) is 55.8 Å². The molecule has 5 heteroatoms. The maximum absolute atomic E-state index is 12.2. The van der Waals surface area contributed by atoms with E-state index in [1.165, 1.54) is 7.11 Å². The predicted octanol–water partition coefficient (Wildman–Crippen LogP) is 2.17. The zero-order valence-corrected chi connectivity index (χ0v) is 13.1. The maximum Gasteiger partial charge on any atom is 0.307 e. The molecule has 0 aromatic heterocycles. The molecule has 0 N–H and O–H groups in total. The van der Waals surface area contributed by atoms with Gasteiger partial charge in [0.2, 0.25) is 0 Å². The Kier molecular flexibility index (Phi) is 6.72. The van der Waals surface area contributed by atoms with Crippen LogP contribution in [0.1, 0.15) is 25.8 Å². The minimum absolute atomic E-state index is 0.00349. The Morgan fingerprint density at radius 2 is 1.81 bits per heavy atom. The van der Waals surface area contributed by atoms with Crippen molar-refractivity contribution in [1.82, 2.24) is 4.90 Å². The Bertz CT molecular complexity index is 468. The van der Waals surface area contributed by atoms with Crippen LogP contribution in [0.5, 0.6) is 5.75 Å². The zero-order valence-electron chi connectivity index (χ0n) is 13.1. The third-order valence-electron chi connectivity index (χ3n) is 3.11. The van der Waals surface area contributed by atoms with E-state index in [0.29, 0.717) is 12.3 Å². The average Bonchev–Trinajstić information content (AvgIpc) is 2.46. The van der Waals surface area contributed by atoms with Gasteiger partial charge in [0.1, 0.15) is 5.75 Å². The van der Waals surface area contributed by atoms with Crippen molar-refractivity contribution in [1.29, 1.82) is 0 Å². The lowest BCUT2D eigenvalue weighted by Crippen LogP contribution is -2.41. The van der Waals surface area contributed by atoms with Gasteiger partial charge in [-0.3, -0.25) is 9.59 Å². The van der Waals surface area contributed by atoms with Crippen LogP contribution >= 0.6 is 0 Å². The minimum atomic E-state index is -0.326. The number of esters is 1. The summed E-state index contributed by atoms with van der Waals surface area (Å²) >= 11 is 0. The minimum Gasteiger partial charge on any atom is -0.484 e. The monoisotopic (exact) mass is 293 g/mol. The van der Waals surface area contributed by atoms with Crippen molar-refractivity contribution in [3.8, 4) is 5.75 Å². The van der Waals surface area contributed by atoms with Crippen molar-refractivity contribution in [2.24, 2.45) is 0 Å². The number of amides is 1. The van der Waals surface area contributed by atoms with Gasteiger partial charge in [0, 0.05) is 12.6 Å². The number of nitrogens with zero attached hydrogens (tertiary/aromatic N) is 1. The van der Waals surface area contributed by atoms with E-state index in [-0.39, 0.29) is 30.9 Å². The van der Waals surface area contributed by atoms with Crippen LogP contribution in [-0.4, -0.2) is 43.1 Å². The maximum atomic E-state index is 12.2. The molecular weight excluding hydrogens is 270 g/mol. The first-order valence-corrected chi connectivity index (χ1v) is 6.99. The SMILES string of the molecule is COC(=O)CCN(C(=O)COc1ccc(C)cc1)C(C)C. The summed E-state index contributed by atoms with van der Waals surface area (Å²) in [5.74, 6) is 0.188. The van der Waals surface area contributed by atoms with Crippen LogP contribution in [-0.2, 0) is 14.3 Å². The number of carbonyl (C=O) groups is 2. The van der Waals surface area contributed by atoms with Crippen molar-refractivity contribution in [2.45, 2.75) is 33.2 Å². The molecule has 0 radical (unpaired) electrons. The van der Waals surface area contributed by atoms with Crippen LogP contribution in [0.15, 0.2) is 24.3 Å². The van der Waals surface area contributed by atoms with Gasteiger partial charge in [-0.1, -0.05) is 17.7 Å². The van der Waals surface area contributed by atoms with Crippen LogP contribution < -0.4 is 4.74 Å². The van der Waals surface area contributed by atoms with E-state index in [9.17, 15) is 9.59 Å². The number of methoxy groups -OCH3 is 1. The van der Waals surface area contributed by atoms with Gasteiger partial charge in [-0.25, -0.2) is 0 Å². The number of rotatable bonds is 7. The number of carbonyl (C=O) groups excluding carboxylic acids is 2. The first kappa shape index (κ1) is 17.0. The standard InChI is InChI=1S/C16H23NO4/c1-12(2)17(10-9-16(19)20-4)15(18)11-21-14-7-5-13(3)6-8-14/h5-8,12H,9-11H2,1-4H3. The molecule has 1 aromatic rings. The molecular formula is C16H23NO4. The molecule has 0 bridgehead atoms. The van der Waals surface area contributed by atoms with E-state index in [4.69, 9.17) is 4.74 Å². The van der Waals surface area contributed by atoms with Crippen molar-refractivity contribution < 1.29 is 19.1 Å². The van der Waals surface area contributed by atoms with E-state index in [0.717, 1.165) is 5.56 Å². The summed E-state index contributed by atoms with van der Waals surface area (Å²) < 4.78 is 10.1. The second-order valence-electron chi connectivity index (χ2n) is 5.11. The van der Waals surface area contributed by atoms with Gasteiger partial charge in [-0.2, -0.15) is 0 Å². The molecule has 1 aromatic carbocycles. The fraction of sp³-hybridized carbons (Fsp3) is 0.500. The van der Waals surface area contributed by atoms with Crippen LogP contribution in [0.25, 0.3) is 0 Å². The van der Waals surface area contributed by atoms with Gasteiger partial charge in [-0.15, -0.1) is 0 Å². The highest BCUT2D eigenvalue weighted by molar-refractivity contribution is 5.79. The third kappa shape index (κ3) is 5.85. The van der Waals surface area contributed by atoms with Gasteiger partial charge in [-0.05, 0) is 32.9 Å². The Morgan fingerprint density at radius 1 is 1.19 bits per heavy atom. The molecule has 0 heterocycles. The van der Waals surface area contributed by atoms with Gasteiger partial charge in [0.05, 0.1) is 13.5 Å². The van der Waals surface area contributed by atoms with Crippen molar-refractivity contribution in [2.75, 3.05) is 20.3 Å². The van der Waals surface area contributed by atoms with Gasteiger partial charge in [0.15, 0.2) is 6.61 Å². The molecule has 0 saturated carbocycles. The summed E-state index contributed by atoms with van der Waals surface area (Å²) in [5.41, 5.74) is 1.13. The summed E-state index contributed by atoms with van der Waals surface area (Å²) in [6, 6.07) is 7.52. The molecule has 1 amide bonds. The van der Waals surface area contributed by atoms with Crippen molar-refractivity contribution >= 4 is 11.9 Å².